The summed E-state index contributed by atoms with van der Waals surface area (Å²) in [5.41, 5.74) is 6.78. The van der Waals surface area contributed by atoms with Gasteiger partial charge in [0.15, 0.2) is 0 Å². The maximum Gasteiger partial charge on any atom is 0.224 e. The molecule has 2 N–H and O–H groups in total. The Hall–Kier alpha value is -1.81. The zero-order valence-electron chi connectivity index (χ0n) is 10.6. The number of aromatic nitrogens is 2. The van der Waals surface area contributed by atoms with E-state index in [1.807, 2.05) is 19.1 Å². The van der Waals surface area contributed by atoms with Crippen LogP contribution in [-0.4, -0.2) is 9.97 Å². The average Bonchev–Trinajstić information content (AvgIpc) is 3.17. The third kappa shape index (κ3) is 2.79. The molecule has 0 radical (unpaired) electrons. The molecule has 1 aromatic heterocycles. The molecule has 1 fully saturated rings. The van der Waals surface area contributed by atoms with E-state index in [2.05, 4.69) is 9.97 Å². The van der Waals surface area contributed by atoms with Crippen molar-refractivity contribution in [3.63, 3.8) is 0 Å². The Bertz CT molecular complexity index is 626. The van der Waals surface area contributed by atoms with E-state index in [-0.39, 0.29) is 0 Å². The first-order valence-corrected chi connectivity index (χ1v) is 6.58. The third-order valence-electron chi connectivity index (χ3n) is 3.05. The van der Waals surface area contributed by atoms with Crippen LogP contribution in [-0.2, 0) is 0 Å². The van der Waals surface area contributed by atoms with Crippen molar-refractivity contribution >= 4 is 17.4 Å². The van der Waals surface area contributed by atoms with E-state index < -0.39 is 0 Å². The molecule has 19 heavy (non-hydrogen) atoms. The summed E-state index contributed by atoms with van der Waals surface area (Å²) in [6, 6.07) is 7.13. The van der Waals surface area contributed by atoms with Crippen LogP contribution in [0.3, 0.4) is 0 Å². The molecule has 0 saturated heterocycles. The Labute approximate surface area is 116 Å². The smallest absolute Gasteiger partial charge is 0.224 e. The van der Waals surface area contributed by atoms with E-state index in [4.69, 9.17) is 22.1 Å². The van der Waals surface area contributed by atoms with E-state index >= 15 is 0 Å². The Kier molecular flexibility index (Phi) is 3.03. The minimum atomic E-state index is 0.436. The largest absolute Gasteiger partial charge is 0.439 e. The van der Waals surface area contributed by atoms with Gasteiger partial charge in [0.05, 0.1) is 0 Å². The van der Waals surface area contributed by atoms with Gasteiger partial charge in [-0.15, -0.1) is 0 Å². The first-order chi connectivity index (χ1) is 9.11. The number of nitrogens with two attached hydrogens (primary N) is 1. The standard InChI is InChI=1S/C14H14ClN3O/c1-8-2-5-10(15)6-11(8)19-13-7-12(16)17-14(18-13)9-3-4-9/h2,5-7,9H,3-4H2,1H3,(H2,16,17,18). The lowest BCUT2D eigenvalue weighted by Gasteiger charge is -2.09. The number of hydrogen-bond acceptors (Lipinski definition) is 4. The molecule has 0 amide bonds. The minimum absolute atomic E-state index is 0.436. The number of nitrogens with zero attached hydrogens (tertiary/aromatic N) is 2. The van der Waals surface area contributed by atoms with Gasteiger partial charge in [-0.2, -0.15) is 4.98 Å². The van der Waals surface area contributed by atoms with E-state index in [1.54, 1.807) is 12.1 Å². The fraction of sp³-hybridized carbons (Fsp3) is 0.286. The zero-order valence-corrected chi connectivity index (χ0v) is 11.3. The summed E-state index contributed by atoms with van der Waals surface area (Å²) in [5, 5.41) is 0.630. The minimum Gasteiger partial charge on any atom is -0.439 e. The number of halogens is 1. The second-order valence-electron chi connectivity index (χ2n) is 4.78. The SMILES string of the molecule is Cc1ccc(Cl)cc1Oc1cc(N)nc(C2CC2)n1. The van der Waals surface area contributed by atoms with Gasteiger partial charge < -0.3 is 10.5 Å². The average molecular weight is 276 g/mol. The second kappa shape index (κ2) is 4.70. The Morgan fingerprint density at radius 1 is 1.26 bits per heavy atom. The van der Waals surface area contributed by atoms with Crippen LogP contribution in [0.5, 0.6) is 11.6 Å². The molecule has 5 heteroatoms. The summed E-state index contributed by atoms with van der Waals surface area (Å²) >= 11 is 5.97. The van der Waals surface area contributed by atoms with Gasteiger partial charge in [0.1, 0.15) is 17.4 Å². The Morgan fingerprint density at radius 2 is 2.05 bits per heavy atom. The van der Waals surface area contributed by atoms with Crippen LogP contribution in [0.25, 0.3) is 0 Å². The zero-order chi connectivity index (χ0) is 13.4. The molecule has 1 saturated carbocycles. The highest BCUT2D eigenvalue weighted by Crippen LogP contribution is 2.39. The van der Waals surface area contributed by atoms with Crippen molar-refractivity contribution < 1.29 is 4.74 Å². The molecule has 1 aliphatic rings. The van der Waals surface area contributed by atoms with Crippen molar-refractivity contribution in [3.05, 3.63) is 40.7 Å². The first-order valence-electron chi connectivity index (χ1n) is 6.20. The van der Waals surface area contributed by atoms with Crippen molar-refractivity contribution in [2.45, 2.75) is 25.7 Å². The van der Waals surface area contributed by atoms with Gasteiger partial charge in [-0.05, 0) is 37.5 Å². The lowest BCUT2D eigenvalue weighted by molar-refractivity contribution is 0.456. The lowest BCUT2D eigenvalue weighted by atomic mass is 10.2. The van der Waals surface area contributed by atoms with Gasteiger partial charge >= 0.3 is 0 Å². The number of aryl methyl sites for hydroxylation is 1. The lowest BCUT2D eigenvalue weighted by Crippen LogP contribution is -2.00. The molecule has 4 nitrogen and oxygen atoms in total. The van der Waals surface area contributed by atoms with E-state index in [9.17, 15) is 0 Å². The van der Waals surface area contributed by atoms with Crippen LogP contribution in [0.4, 0.5) is 5.82 Å². The molecule has 1 aliphatic carbocycles. The molecule has 3 rings (SSSR count). The second-order valence-corrected chi connectivity index (χ2v) is 5.21. The van der Waals surface area contributed by atoms with Gasteiger partial charge in [0.25, 0.3) is 0 Å². The molecule has 1 heterocycles. The van der Waals surface area contributed by atoms with E-state index in [0.717, 1.165) is 24.2 Å². The van der Waals surface area contributed by atoms with E-state index in [1.165, 1.54) is 0 Å². The number of nitrogen functional groups attached to an aromatic ring is 1. The number of rotatable bonds is 3. The number of benzene rings is 1. The summed E-state index contributed by atoms with van der Waals surface area (Å²) in [7, 11) is 0. The molecule has 0 spiro atoms. The first kappa shape index (κ1) is 12.2. The van der Waals surface area contributed by atoms with Gasteiger partial charge in [-0.1, -0.05) is 17.7 Å². The van der Waals surface area contributed by atoms with Gasteiger partial charge in [-0.25, -0.2) is 4.98 Å². The van der Waals surface area contributed by atoms with Crippen molar-refractivity contribution in [2.75, 3.05) is 5.73 Å². The van der Waals surface area contributed by atoms with Crippen molar-refractivity contribution in [2.24, 2.45) is 0 Å². The van der Waals surface area contributed by atoms with Crippen molar-refractivity contribution in [1.29, 1.82) is 0 Å². The molecule has 2 aromatic rings. The van der Waals surface area contributed by atoms with Crippen LogP contribution >= 0.6 is 11.6 Å². The normalized spacial score (nSPS) is 14.4. The molecular formula is C14H14ClN3O. The summed E-state index contributed by atoms with van der Waals surface area (Å²) in [6.07, 6.45) is 2.25. The summed E-state index contributed by atoms with van der Waals surface area (Å²) < 4.78 is 5.77. The van der Waals surface area contributed by atoms with Crippen molar-refractivity contribution in [3.8, 4) is 11.6 Å². The highest BCUT2D eigenvalue weighted by molar-refractivity contribution is 6.30. The molecule has 0 bridgehead atoms. The summed E-state index contributed by atoms with van der Waals surface area (Å²) in [6.45, 7) is 1.96. The molecule has 0 aliphatic heterocycles. The van der Waals surface area contributed by atoms with Crippen LogP contribution in [0.2, 0.25) is 5.02 Å². The fourth-order valence-corrected chi connectivity index (χ4v) is 2.00. The summed E-state index contributed by atoms with van der Waals surface area (Å²) in [5.74, 6) is 2.81. The number of anilines is 1. The number of ether oxygens (including phenoxy) is 1. The van der Waals surface area contributed by atoms with Crippen molar-refractivity contribution in [1.82, 2.24) is 9.97 Å². The Balaban J connectivity index is 1.92. The molecule has 0 unspecified atom stereocenters. The van der Waals surface area contributed by atoms with Crippen LogP contribution in [0, 0.1) is 6.92 Å². The quantitative estimate of drug-likeness (QED) is 0.928. The maximum absolute atomic E-state index is 5.97. The monoisotopic (exact) mass is 275 g/mol. The van der Waals surface area contributed by atoms with Gasteiger partial charge in [-0.3, -0.25) is 0 Å². The van der Waals surface area contributed by atoms with Crippen LogP contribution < -0.4 is 10.5 Å². The predicted octanol–water partition coefficient (Wildman–Crippen LogP) is 3.69. The third-order valence-corrected chi connectivity index (χ3v) is 3.28. The molecular weight excluding hydrogens is 262 g/mol. The fourth-order valence-electron chi connectivity index (χ4n) is 1.83. The van der Waals surface area contributed by atoms with Crippen LogP contribution in [0.1, 0.15) is 30.1 Å². The highest BCUT2D eigenvalue weighted by atomic mass is 35.5. The highest BCUT2D eigenvalue weighted by Gasteiger charge is 2.27. The van der Waals surface area contributed by atoms with E-state index in [0.29, 0.717) is 28.4 Å². The van der Waals surface area contributed by atoms with Crippen LogP contribution in [0.15, 0.2) is 24.3 Å². The maximum atomic E-state index is 5.97. The molecule has 1 aromatic carbocycles. The number of hydrogen-bond donors (Lipinski definition) is 1. The van der Waals surface area contributed by atoms with Gasteiger partial charge in [0, 0.05) is 17.0 Å². The Morgan fingerprint density at radius 3 is 2.79 bits per heavy atom. The topological polar surface area (TPSA) is 61.0 Å². The predicted molar refractivity (Wildman–Crippen MR) is 74.7 cm³/mol. The molecule has 0 atom stereocenters. The molecule has 98 valence electrons. The summed E-state index contributed by atoms with van der Waals surface area (Å²) in [4.78, 5) is 8.64. The van der Waals surface area contributed by atoms with Gasteiger partial charge in [0.2, 0.25) is 5.88 Å².